The predicted molar refractivity (Wildman–Crippen MR) is 84.1 cm³/mol. The van der Waals surface area contributed by atoms with Crippen LogP contribution in [0, 0.1) is 0 Å². The highest BCUT2D eigenvalue weighted by molar-refractivity contribution is 6.32. The van der Waals surface area contributed by atoms with E-state index in [1.165, 1.54) is 19.4 Å². The Balaban J connectivity index is 1.75. The minimum Gasteiger partial charge on any atom is -0.503 e. The monoisotopic (exact) mass is 310 g/mol. The van der Waals surface area contributed by atoms with Gasteiger partial charge in [-0.25, -0.2) is 0 Å². The number of phenols is 1. The standard InChI is InChI=1S/C16H23ClN2O2/c1-11-8-18-5-3-4-13(18)10-19(11)9-12-6-14(17)16(20)15(7-12)21-2/h6-7,11,13,20H,3-5,8-10H2,1-2H3. The molecule has 0 bridgehead atoms. The van der Waals surface area contributed by atoms with Crippen molar-refractivity contribution >= 4 is 11.6 Å². The van der Waals surface area contributed by atoms with Gasteiger partial charge in [0.1, 0.15) is 0 Å². The lowest BCUT2D eigenvalue weighted by molar-refractivity contribution is 0.0540. The third-order valence-corrected chi connectivity index (χ3v) is 5.05. The second-order valence-corrected chi connectivity index (χ2v) is 6.61. The van der Waals surface area contributed by atoms with E-state index in [1.807, 2.05) is 12.1 Å². The molecule has 21 heavy (non-hydrogen) atoms. The van der Waals surface area contributed by atoms with Crippen LogP contribution >= 0.6 is 11.6 Å². The maximum atomic E-state index is 9.83. The Morgan fingerprint density at radius 3 is 2.95 bits per heavy atom. The van der Waals surface area contributed by atoms with Crippen LogP contribution in [0.3, 0.4) is 0 Å². The molecular weight excluding hydrogens is 288 g/mol. The molecule has 0 aliphatic carbocycles. The van der Waals surface area contributed by atoms with Crippen molar-refractivity contribution in [1.82, 2.24) is 9.80 Å². The van der Waals surface area contributed by atoms with Gasteiger partial charge in [0.15, 0.2) is 11.5 Å². The van der Waals surface area contributed by atoms with Gasteiger partial charge in [-0.2, -0.15) is 0 Å². The largest absolute Gasteiger partial charge is 0.503 e. The van der Waals surface area contributed by atoms with E-state index >= 15 is 0 Å². The third kappa shape index (κ3) is 2.98. The molecule has 5 heteroatoms. The number of halogens is 1. The fourth-order valence-corrected chi connectivity index (χ4v) is 3.81. The van der Waals surface area contributed by atoms with Crippen molar-refractivity contribution in [2.75, 3.05) is 26.7 Å². The molecule has 2 saturated heterocycles. The Morgan fingerprint density at radius 2 is 2.19 bits per heavy atom. The quantitative estimate of drug-likeness (QED) is 0.931. The van der Waals surface area contributed by atoms with E-state index in [2.05, 4.69) is 16.7 Å². The average Bonchev–Trinajstić information content (AvgIpc) is 2.90. The van der Waals surface area contributed by atoms with E-state index in [9.17, 15) is 5.11 Å². The summed E-state index contributed by atoms with van der Waals surface area (Å²) in [4.78, 5) is 5.13. The van der Waals surface area contributed by atoms with Gasteiger partial charge in [0, 0.05) is 31.7 Å². The van der Waals surface area contributed by atoms with Crippen LogP contribution in [0.25, 0.3) is 0 Å². The van der Waals surface area contributed by atoms with E-state index in [1.54, 1.807) is 7.11 Å². The molecule has 4 nitrogen and oxygen atoms in total. The number of methoxy groups -OCH3 is 1. The lowest BCUT2D eigenvalue weighted by Crippen LogP contribution is -2.54. The van der Waals surface area contributed by atoms with Crippen LogP contribution in [0.2, 0.25) is 5.02 Å². The Hall–Kier alpha value is -0.970. The molecule has 116 valence electrons. The maximum absolute atomic E-state index is 9.83. The molecule has 3 rings (SSSR count). The molecule has 0 radical (unpaired) electrons. The van der Waals surface area contributed by atoms with Gasteiger partial charge in [0.05, 0.1) is 12.1 Å². The summed E-state index contributed by atoms with van der Waals surface area (Å²) in [5, 5.41) is 10.2. The van der Waals surface area contributed by atoms with Crippen molar-refractivity contribution in [1.29, 1.82) is 0 Å². The zero-order chi connectivity index (χ0) is 15.0. The molecule has 2 unspecified atom stereocenters. The lowest BCUT2D eigenvalue weighted by Gasteiger charge is -2.42. The zero-order valence-corrected chi connectivity index (χ0v) is 13.4. The molecule has 2 atom stereocenters. The van der Waals surface area contributed by atoms with E-state index in [0.717, 1.165) is 25.2 Å². The van der Waals surface area contributed by atoms with Gasteiger partial charge >= 0.3 is 0 Å². The van der Waals surface area contributed by atoms with E-state index in [-0.39, 0.29) is 5.75 Å². The van der Waals surface area contributed by atoms with Crippen molar-refractivity contribution in [3.8, 4) is 11.5 Å². The SMILES string of the molecule is COc1cc(CN2CC3CCCN3CC2C)cc(Cl)c1O. The van der Waals surface area contributed by atoms with Crippen LogP contribution < -0.4 is 4.74 Å². The number of piperazine rings is 1. The number of hydrogen-bond acceptors (Lipinski definition) is 4. The van der Waals surface area contributed by atoms with Crippen molar-refractivity contribution in [3.63, 3.8) is 0 Å². The van der Waals surface area contributed by atoms with Gasteiger partial charge < -0.3 is 9.84 Å². The van der Waals surface area contributed by atoms with Crippen LogP contribution in [0.15, 0.2) is 12.1 Å². The molecule has 1 aromatic carbocycles. The number of phenolic OH excluding ortho intramolecular Hbond substituents is 1. The summed E-state index contributed by atoms with van der Waals surface area (Å²) in [5.74, 6) is 0.473. The molecule has 2 aliphatic rings. The second kappa shape index (κ2) is 6.03. The maximum Gasteiger partial charge on any atom is 0.176 e. The highest BCUT2D eigenvalue weighted by Crippen LogP contribution is 2.36. The van der Waals surface area contributed by atoms with E-state index in [4.69, 9.17) is 16.3 Å². The molecule has 1 N–H and O–H groups in total. The topological polar surface area (TPSA) is 35.9 Å². The summed E-state index contributed by atoms with van der Waals surface area (Å²) in [6.07, 6.45) is 2.63. The fraction of sp³-hybridized carbons (Fsp3) is 0.625. The van der Waals surface area contributed by atoms with Crippen LogP contribution in [0.4, 0.5) is 0 Å². The minimum atomic E-state index is 0.0246. The number of hydrogen-bond donors (Lipinski definition) is 1. The molecule has 0 aromatic heterocycles. The van der Waals surface area contributed by atoms with Gasteiger partial charge in [0.2, 0.25) is 0 Å². The number of aromatic hydroxyl groups is 1. The fourth-order valence-electron chi connectivity index (χ4n) is 3.58. The van der Waals surface area contributed by atoms with Crippen LogP contribution in [0.1, 0.15) is 25.3 Å². The number of rotatable bonds is 3. The van der Waals surface area contributed by atoms with Crippen molar-refractivity contribution in [2.24, 2.45) is 0 Å². The number of nitrogens with zero attached hydrogens (tertiary/aromatic N) is 2. The molecular formula is C16H23ClN2O2. The summed E-state index contributed by atoms with van der Waals surface area (Å²) in [5.41, 5.74) is 1.09. The summed E-state index contributed by atoms with van der Waals surface area (Å²) in [7, 11) is 1.55. The molecule has 0 amide bonds. The van der Waals surface area contributed by atoms with Gasteiger partial charge in [-0.1, -0.05) is 11.6 Å². The van der Waals surface area contributed by atoms with E-state index in [0.29, 0.717) is 22.9 Å². The minimum absolute atomic E-state index is 0.0246. The van der Waals surface area contributed by atoms with Gasteiger partial charge in [-0.3, -0.25) is 9.80 Å². The Bertz CT molecular complexity index is 523. The molecule has 2 fully saturated rings. The predicted octanol–water partition coefficient (Wildman–Crippen LogP) is 2.72. The van der Waals surface area contributed by atoms with Crippen molar-refractivity contribution < 1.29 is 9.84 Å². The first-order valence-electron chi connectivity index (χ1n) is 7.62. The summed E-state index contributed by atoms with van der Waals surface area (Å²) < 4.78 is 5.19. The highest BCUT2D eigenvalue weighted by Gasteiger charge is 2.34. The number of benzene rings is 1. The van der Waals surface area contributed by atoms with Crippen molar-refractivity contribution in [3.05, 3.63) is 22.7 Å². The summed E-state index contributed by atoms with van der Waals surface area (Å²) in [6.45, 7) is 6.65. The van der Waals surface area contributed by atoms with Crippen LogP contribution in [-0.2, 0) is 6.54 Å². The smallest absolute Gasteiger partial charge is 0.176 e. The van der Waals surface area contributed by atoms with Gasteiger partial charge in [-0.15, -0.1) is 0 Å². The molecule has 2 aliphatic heterocycles. The van der Waals surface area contributed by atoms with Crippen LogP contribution in [-0.4, -0.2) is 53.7 Å². The first kappa shape index (κ1) is 14.9. The lowest BCUT2D eigenvalue weighted by atomic mass is 10.1. The second-order valence-electron chi connectivity index (χ2n) is 6.20. The van der Waals surface area contributed by atoms with Gasteiger partial charge in [0.25, 0.3) is 0 Å². The first-order valence-corrected chi connectivity index (χ1v) is 7.99. The Kier molecular flexibility index (Phi) is 4.29. The first-order chi connectivity index (χ1) is 10.1. The summed E-state index contributed by atoms with van der Waals surface area (Å²) in [6, 6.07) is 4.97. The molecule has 0 saturated carbocycles. The Labute approximate surface area is 131 Å². The molecule has 2 heterocycles. The van der Waals surface area contributed by atoms with E-state index < -0.39 is 0 Å². The van der Waals surface area contributed by atoms with Crippen LogP contribution in [0.5, 0.6) is 11.5 Å². The third-order valence-electron chi connectivity index (χ3n) is 4.76. The highest BCUT2D eigenvalue weighted by atomic mass is 35.5. The van der Waals surface area contributed by atoms with Crippen molar-refractivity contribution in [2.45, 2.75) is 38.4 Å². The molecule has 0 spiro atoms. The normalized spacial score (nSPS) is 26.8. The molecule has 1 aromatic rings. The number of fused-ring (bicyclic) bond motifs is 1. The Morgan fingerprint density at radius 1 is 1.38 bits per heavy atom. The van der Waals surface area contributed by atoms with Gasteiger partial charge in [-0.05, 0) is 44.0 Å². The zero-order valence-electron chi connectivity index (χ0n) is 12.7. The summed E-state index contributed by atoms with van der Waals surface area (Å²) >= 11 is 6.08. The number of ether oxygens (including phenoxy) is 1. The average molecular weight is 311 g/mol.